The lowest BCUT2D eigenvalue weighted by atomic mass is 10.2. The van der Waals surface area contributed by atoms with E-state index in [2.05, 4.69) is 14.8 Å². The van der Waals surface area contributed by atoms with Gasteiger partial charge in [0.2, 0.25) is 0 Å². The van der Waals surface area contributed by atoms with Crippen molar-refractivity contribution in [2.75, 3.05) is 7.11 Å². The van der Waals surface area contributed by atoms with Gasteiger partial charge in [0.15, 0.2) is 5.65 Å². The number of hydrogen-bond donors (Lipinski definition) is 0. The molecule has 2 heterocycles. The van der Waals surface area contributed by atoms with Crippen LogP contribution in [-0.2, 0) is 11.8 Å². The van der Waals surface area contributed by atoms with E-state index in [1.165, 1.54) is 13.3 Å². The van der Waals surface area contributed by atoms with E-state index >= 15 is 0 Å². The maximum atomic E-state index is 11.3. The first kappa shape index (κ1) is 9.64. The summed E-state index contributed by atoms with van der Waals surface area (Å²) in [5.41, 5.74) is 2.06. The number of nitrogens with zero attached hydrogens (tertiary/aromatic N) is 3. The molecule has 0 unspecified atom stereocenters. The maximum Gasteiger partial charge on any atom is 0.339 e. The van der Waals surface area contributed by atoms with Gasteiger partial charge in [-0.2, -0.15) is 5.10 Å². The third-order valence-electron chi connectivity index (χ3n) is 2.28. The lowest BCUT2D eigenvalue weighted by Gasteiger charge is -1.98. The lowest BCUT2D eigenvalue weighted by molar-refractivity contribution is 0.0600. The Morgan fingerprint density at radius 3 is 2.93 bits per heavy atom. The van der Waals surface area contributed by atoms with E-state index in [-0.39, 0.29) is 5.97 Å². The molecule has 0 spiro atoms. The molecule has 0 fully saturated rings. The molecule has 0 aromatic carbocycles. The van der Waals surface area contributed by atoms with E-state index in [0.717, 1.165) is 16.7 Å². The summed E-state index contributed by atoms with van der Waals surface area (Å²) >= 11 is 0. The number of fused-ring (bicyclic) bond motifs is 1. The van der Waals surface area contributed by atoms with Gasteiger partial charge in [0.25, 0.3) is 0 Å². The van der Waals surface area contributed by atoms with Crippen LogP contribution in [0.4, 0.5) is 0 Å². The van der Waals surface area contributed by atoms with Crippen LogP contribution in [0.3, 0.4) is 0 Å². The number of pyridine rings is 1. The summed E-state index contributed by atoms with van der Waals surface area (Å²) in [6, 6.07) is 1.75. The van der Waals surface area contributed by atoms with Crippen LogP contribution < -0.4 is 0 Å². The molecule has 0 aliphatic heterocycles. The molecule has 0 aliphatic rings. The van der Waals surface area contributed by atoms with Gasteiger partial charge in [0.1, 0.15) is 0 Å². The summed E-state index contributed by atoms with van der Waals surface area (Å²) in [6.45, 7) is 1.88. The molecule has 0 saturated heterocycles. The Morgan fingerprint density at radius 2 is 2.27 bits per heavy atom. The quantitative estimate of drug-likeness (QED) is 0.653. The van der Waals surface area contributed by atoms with Crippen molar-refractivity contribution in [1.29, 1.82) is 0 Å². The second-order valence-electron chi connectivity index (χ2n) is 3.30. The smallest absolute Gasteiger partial charge is 0.339 e. The van der Waals surface area contributed by atoms with Crippen molar-refractivity contribution in [3.8, 4) is 0 Å². The average molecular weight is 205 g/mol. The molecule has 0 aliphatic carbocycles. The summed E-state index contributed by atoms with van der Waals surface area (Å²) in [7, 11) is 3.17. The van der Waals surface area contributed by atoms with Gasteiger partial charge in [-0.15, -0.1) is 0 Å². The molecular formula is C10H11N3O2. The number of hydrogen-bond acceptors (Lipinski definition) is 4. The molecule has 0 atom stereocenters. The number of aryl methyl sites for hydroxylation is 2. The molecule has 0 bridgehead atoms. The Labute approximate surface area is 86.7 Å². The number of ether oxygens (including phenoxy) is 1. The Hall–Kier alpha value is -1.91. The van der Waals surface area contributed by atoms with E-state index in [1.807, 2.05) is 14.0 Å². The number of carbonyl (C=O) groups is 1. The SMILES string of the molecule is COC(=O)c1cnc2c(c1)c(C)nn2C. The molecule has 0 N–H and O–H groups in total. The summed E-state index contributed by atoms with van der Waals surface area (Å²) in [5.74, 6) is -0.382. The molecule has 2 aromatic heterocycles. The monoisotopic (exact) mass is 205 g/mol. The predicted octanol–water partition coefficient (Wildman–Crippen LogP) is 1.06. The number of rotatable bonds is 1. The Morgan fingerprint density at radius 1 is 1.53 bits per heavy atom. The highest BCUT2D eigenvalue weighted by atomic mass is 16.5. The van der Waals surface area contributed by atoms with Gasteiger partial charge >= 0.3 is 5.97 Å². The van der Waals surface area contributed by atoms with Crippen molar-refractivity contribution >= 4 is 17.0 Å². The highest BCUT2D eigenvalue weighted by Crippen LogP contribution is 2.16. The van der Waals surface area contributed by atoms with Gasteiger partial charge in [0.05, 0.1) is 18.4 Å². The summed E-state index contributed by atoms with van der Waals surface area (Å²) in [6.07, 6.45) is 1.50. The third-order valence-corrected chi connectivity index (χ3v) is 2.28. The maximum absolute atomic E-state index is 11.3. The van der Waals surface area contributed by atoms with Gasteiger partial charge in [-0.3, -0.25) is 4.68 Å². The van der Waals surface area contributed by atoms with Crippen LogP contribution in [0.2, 0.25) is 0 Å². The molecule has 5 heteroatoms. The Balaban J connectivity index is 2.65. The zero-order valence-corrected chi connectivity index (χ0v) is 8.81. The fourth-order valence-corrected chi connectivity index (χ4v) is 1.54. The summed E-state index contributed by atoms with van der Waals surface area (Å²) in [5, 5.41) is 5.09. The first-order valence-electron chi connectivity index (χ1n) is 4.51. The van der Waals surface area contributed by atoms with E-state index in [9.17, 15) is 4.79 Å². The standard InChI is InChI=1S/C10H11N3O2/c1-6-8-4-7(10(14)15-3)5-11-9(8)13(2)12-6/h4-5H,1-3H3. The molecule has 2 aromatic rings. The van der Waals surface area contributed by atoms with E-state index in [1.54, 1.807) is 10.7 Å². The highest BCUT2D eigenvalue weighted by molar-refractivity contribution is 5.93. The van der Waals surface area contributed by atoms with Crippen LogP contribution in [0.1, 0.15) is 16.1 Å². The highest BCUT2D eigenvalue weighted by Gasteiger charge is 2.11. The minimum Gasteiger partial charge on any atom is -0.465 e. The summed E-state index contributed by atoms with van der Waals surface area (Å²) in [4.78, 5) is 15.5. The number of carbonyl (C=O) groups excluding carboxylic acids is 1. The second-order valence-corrected chi connectivity index (χ2v) is 3.30. The molecule has 5 nitrogen and oxygen atoms in total. The Kier molecular flexibility index (Phi) is 2.15. The fourth-order valence-electron chi connectivity index (χ4n) is 1.54. The van der Waals surface area contributed by atoms with Crippen molar-refractivity contribution in [1.82, 2.24) is 14.8 Å². The van der Waals surface area contributed by atoms with Crippen molar-refractivity contribution < 1.29 is 9.53 Å². The van der Waals surface area contributed by atoms with Crippen molar-refractivity contribution in [2.45, 2.75) is 6.92 Å². The Bertz CT molecular complexity index is 531. The predicted molar refractivity (Wildman–Crippen MR) is 54.6 cm³/mol. The first-order valence-corrected chi connectivity index (χ1v) is 4.51. The van der Waals surface area contributed by atoms with Crippen molar-refractivity contribution in [3.05, 3.63) is 23.5 Å². The molecule has 2 rings (SSSR count). The van der Waals surface area contributed by atoms with E-state index in [0.29, 0.717) is 5.56 Å². The third kappa shape index (κ3) is 1.45. The van der Waals surface area contributed by atoms with Gasteiger partial charge in [-0.25, -0.2) is 9.78 Å². The van der Waals surface area contributed by atoms with Gasteiger partial charge in [-0.05, 0) is 13.0 Å². The van der Waals surface area contributed by atoms with Crippen LogP contribution in [0, 0.1) is 6.92 Å². The number of esters is 1. The van der Waals surface area contributed by atoms with Crippen LogP contribution >= 0.6 is 0 Å². The zero-order chi connectivity index (χ0) is 11.0. The van der Waals surface area contributed by atoms with Crippen LogP contribution in [0.15, 0.2) is 12.3 Å². The van der Waals surface area contributed by atoms with Gasteiger partial charge in [0, 0.05) is 18.6 Å². The van der Waals surface area contributed by atoms with Crippen LogP contribution in [-0.4, -0.2) is 27.8 Å². The van der Waals surface area contributed by atoms with Crippen molar-refractivity contribution in [2.24, 2.45) is 7.05 Å². The van der Waals surface area contributed by atoms with Crippen LogP contribution in [0.5, 0.6) is 0 Å². The molecule has 78 valence electrons. The van der Waals surface area contributed by atoms with Gasteiger partial charge in [-0.1, -0.05) is 0 Å². The minimum atomic E-state index is -0.382. The molecule has 0 amide bonds. The number of methoxy groups -OCH3 is 1. The lowest BCUT2D eigenvalue weighted by Crippen LogP contribution is -2.02. The molecule has 0 radical (unpaired) electrons. The molecule has 15 heavy (non-hydrogen) atoms. The van der Waals surface area contributed by atoms with Crippen LogP contribution in [0.25, 0.3) is 11.0 Å². The van der Waals surface area contributed by atoms with Gasteiger partial charge < -0.3 is 4.74 Å². The second kappa shape index (κ2) is 3.34. The number of aromatic nitrogens is 3. The first-order chi connectivity index (χ1) is 7.13. The fraction of sp³-hybridized carbons (Fsp3) is 0.300. The van der Waals surface area contributed by atoms with Crippen molar-refractivity contribution in [3.63, 3.8) is 0 Å². The molecular weight excluding hydrogens is 194 g/mol. The minimum absolute atomic E-state index is 0.382. The summed E-state index contributed by atoms with van der Waals surface area (Å²) < 4.78 is 6.31. The molecule has 0 saturated carbocycles. The van der Waals surface area contributed by atoms with E-state index < -0.39 is 0 Å². The normalized spacial score (nSPS) is 10.6. The van der Waals surface area contributed by atoms with E-state index in [4.69, 9.17) is 0 Å². The zero-order valence-electron chi connectivity index (χ0n) is 8.81. The largest absolute Gasteiger partial charge is 0.465 e. The topological polar surface area (TPSA) is 57.0 Å². The average Bonchev–Trinajstić information content (AvgIpc) is 2.53.